The van der Waals surface area contributed by atoms with Crippen LogP contribution in [0, 0.1) is 0 Å². The molecule has 1 aliphatic rings. The second-order valence-corrected chi connectivity index (χ2v) is 8.47. The molecule has 3 aromatic rings. The minimum atomic E-state index is 0.275. The standard InChI is InChI=1S/C23H25Cl2N5O/c24-19-10-9-17(14-20(19)25)16-30-27-21(23(28-30)18-6-2-1-3-7-18)15-26-11-5-13-29-12-4-8-22(29)31/h1-3,6-7,9-10,14,26H,4-5,8,11-13,15-16H2. The Hall–Kier alpha value is -2.41. The first-order valence-electron chi connectivity index (χ1n) is 10.5. The molecule has 0 atom stereocenters. The van der Waals surface area contributed by atoms with E-state index in [0.29, 0.717) is 29.6 Å². The molecular formula is C23H25Cl2N5O. The molecule has 162 valence electrons. The van der Waals surface area contributed by atoms with E-state index in [1.807, 2.05) is 47.4 Å². The summed E-state index contributed by atoms with van der Waals surface area (Å²) in [5.41, 5.74) is 3.77. The lowest BCUT2D eigenvalue weighted by molar-refractivity contribution is -0.127. The van der Waals surface area contributed by atoms with Crippen molar-refractivity contribution in [1.29, 1.82) is 0 Å². The van der Waals surface area contributed by atoms with E-state index in [1.165, 1.54) is 0 Å². The van der Waals surface area contributed by atoms with Crippen molar-refractivity contribution in [2.24, 2.45) is 0 Å². The zero-order valence-electron chi connectivity index (χ0n) is 17.2. The monoisotopic (exact) mass is 457 g/mol. The van der Waals surface area contributed by atoms with Crippen LogP contribution in [0.5, 0.6) is 0 Å². The zero-order chi connectivity index (χ0) is 21.6. The molecule has 8 heteroatoms. The molecule has 1 aliphatic heterocycles. The van der Waals surface area contributed by atoms with E-state index in [1.54, 1.807) is 10.9 Å². The Kier molecular flexibility index (Phi) is 7.22. The Balaban J connectivity index is 1.42. The molecule has 0 spiro atoms. The predicted octanol–water partition coefficient (Wildman–Crippen LogP) is 4.40. The van der Waals surface area contributed by atoms with Crippen LogP contribution in [0.2, 0.25) is 10.0 Å². The molecule has 1 saturated heterocycles. The molecule has 0 unspecified atom stereocenters. The van der Waals surface area contributed by atoms with E-state index >= 15 is 0 Å². The highest BCUT2D eigenvalue weighted by atomic mass is 35.5. The van der Waals surface area contributed by atoms with Gasteiger partial charge in [-0.25, -0.2) is 0 Å². The number of nitrogens with zero attached hydrogens (tertiary/aromatic N) is 4. The number of hydrogen-bond acceptors (Lipinski definition) is 4. The first kappa shape index (κ1) is 21.8. The Bertz CT molecular complexity index is 1040. The second-order valence-electron chi connectivity index (χ2n) is 7.65. The molecule has 2 heterocycles. The number of likely N-dealkylation sites (tertiary alicyclic amines) is 1. The molecule has 6 nitrogen and oxygen atoms in total. The smallest absolute Gasteiger partial charge is 0.222 e. The zero-order valence-corrected chi connectivity index (χ0v) is 18.7. The van der Waals surface area contributed by atoms with Crippen molar-refractivity contribution < 1.29 is 4.79 Å². The maximum absolute atomic E-state index is 11.7. The van der Waals surface area contributed by atoms with Crippen LogP contribution < -0.4 is 5.32 Å². The second kappa shape index (κ2) is 10.3. The third-order valence-corrected chi connectivity index (χ3v) is 6.06. The highest BCUT2D eigenvalue weighted by Crippen LogP contribution is 2.24. The summed E-state index contributed by atoms with van der Waals surface area (Å²) in [5, 5.41) is 14.0. The maximum atomic E-state index is 11.7. The molecule has 31 heavy (non-hydrogen) atoms. The quantitative estimate of drug-likeness (QED) is 0.483. The van der Waals surface area contributed by atoms with Gasteiger partial charge in [0.25, 0.3) is 0 Å². The lowest BCUT2D eigenvalue weighted by atomic mass is 10.1. The molecular weight excluding hydrogens is 433 g/mol. The highest BCUT2D eigenvalue weighted by molar-refractivity contribution is 6.42. The minimum Gasteiger partial charge on any atom is -0.343 e. The van der Waals surface area contributed by atoms with Crippen molar-refractivity contribution in [1.82, 2.24) is 25.2 Å². The van der Waals surface area contributed by atoms with E-state index in [-0.39, 0.29) is 5.91 Å². The molecule has 4 rings (SSSR count). The van der Waals surface area contributed by atoms with Gasteiger partial charge in [0.2, 0.25) is 5.91 Å². The van der Waals surface area contributed by atoms with Crippen LogP contribution in [0.3, 0.4) is 0 Å². The minimum absolute atomic E-state index is 0.275. The van der Waals surface area contributed by atoms with E-state index in [0.717, 1.165) is 55.0 Å². The molecule has 0 aliphatic carbocycles. The molecule has 0 radical (unpaired) electrons. The number of aromatic nitrogens is 3. The van der Waals surface area contributed by atoms with Crippen molar-refractivity contribution in [2.45, 2.75) is 32.4 Å². The lowest BCUT2D eigenvalue weighted by Crippen LogP contribution is -2.28. The molecule has 0 saturated carbocycles. The fourth-order valence-electron chi connectivity index (χ4n) is 3.74. The summed E-state index contributed by atoms with van der Waals surface area (Å²) in [6.07, 6.45) is 2.59. The van der Waals surface area contributed by atoms with Gasteiger partial charge in [-0.1, -0.05) is 59.6 Å². The lowest BCUT2D eigenvalue weighted by Gasteiger charge is -2.15. The Morgan fingerprint density at radius 3 is 2.61 bits per heavy atom. The van der Waals surface area contributed by atoms with Gasteiger partial charge in [-0.2, -0.15) is 15.0 Å². The Labute approximate surface area is 192 Å². The highest BCUT2D eigenvalue weighted by Gasteiger charge is 2.19. The summed E-state index contributed by atoms with van der Waals surface area (Å²) < 4.78 is 0. The van der Waals surface area contributed by atoms with Gasteiger partial charge < -0.3 is 10.2 Å². The number of carbonyl (C=O) groups is 1. The molecule has 1 amide bonds. The van der Waals surface area contributed by atoms with Crippen LogP contribution in [0.1, 0.15) is 30.5 Å². The van der Waals surface area contributed by atoms with E-state index in [2.05, 4.69) is 5.32 Å². The van der Waals surface area contributed by atoms with Gasteiger partial charge in [-0.05, 0) is 37.1 Å². The van der Waals surface area contributed by atoms with E-state index in [4.69, 9.17) is 33.4 Å². The summed E-state index contributed by atoms with van der Waals surface area (Å²) in [4.78, 5) is 15.4. The third kappa shape index (κ3) is 5.64. The van der Waals surface area contributed by atoms with Crippen LogP contribution in [0.4, 0.5) is 0 Å². The van der Waals surface area contributed by atoms with Crippen molar-refractivity contribution in [3.05, 3.63) is 69.8 Å². The third-order valence-electron chi connectivity index (χ3n) is 5.33. The molecule has 1 N–H and O–H groups in total. The van der Waals surface area contributed by atoms with Crippen LogP contribution in [-0.2, 0) is 17.9 Å². The number of carbonyl (C=O) groups excluding carboxylic acids is 1. The number of rotatable bonds is 9. The Morgan fingerprint density at radius 1 is 1.03 bits per heavy atom. The van der Waals surface area contributed by atoms with Crippen LogP contribution in [-0.4, -0.2) is 45.4 Å². The van der Waals surface area contributed by atoms with Crippen LogP contribution in [0.25, 0.3) is 11.3 Å². The fourth-order valence-corrected chi connectivity index (χ4v) is 4.06. The van der Waals surface area contributed by atoms with Crippen LogP contribution >= 0.6 is 23.2 Å². The number of halogens is 2. The molecule has 2 aromatic carbocycles. The number of benzene rings is 2. The van der Waals surface area contributed by atoms with Gasteiger partial charge in [-0.15, -0.1) is 0 Å². The summed E-state index contributed by atoms with van der Waals surface area (Å²) in [7, 11) is 0. The first-order chi connectivity index (χ1) is 15.1. The maximum Gasteiger partial charge on any atom is 0.222 e. The molecule has 0 bridgehead atoms. The van der Waals surface area contributed by atoms with Crippen LogP contribution in [0.15, 0.2) is 48.5 Å². The predicted molar refractivity (Wildman–Crippen MR) is 123 cm³/mol. The SMILES string of the molecule is O=C1CCCN1CCCNCc1nn(Cc2ccc(Cl)c(Cl)c2)nc1-c1ccccc1. The summed E-state index contributed by atoms with van der Waals surface area (Å²) in [6.45, 7) is 3.63. The Morgan fingerprint density at radius 2 is 1.87 bits per heavy atom. The number of hydrogen-bond donors (Lipinski definition) is 1. The van der Waals surface area contributed by atoms with E-state index in [9.17, 15) is 4.79 Å². The fraction of sp³-hybridized carbons (Fsp3) is 0.348. The average molecular weight is 458 g/mol. The largest absolute Gasteiger partial charge is 0.343 e. The summed E-state index contributed by atoms with van der Waals surface area (Å²) in [5.74, 6) is 0.275. The molecule has 1 fully saturated rings. The van der Waals surface area contributed by atoms with Crippen molar-refractivity contribution in [3.8, 4) is 11.3 Å². The summed E-state index contributed by atoms with van der Waals surface area (Å²) in [6, 6.07) is 15.6. The normalized spacial score (nSPS) is 13.9. The van der Waals surface area contributed by atoms with Crippen molar-refractivity contribution in [3.63, 3.8) is 0 Å². The molecule has 1 aromatic heterocycles. The van der Waals surface area contributed by atoms with Gasteiger partial charge in [-0.3, -0.25) is 4.79 Å². The van der Waals surface area contributed by atoms with E-state index < -0.39 is 0 Å². The average Bonchev–Trinajstić information content (AvgIpc) is 3.37. The van der Waals surface area contributed by atoms with Gasteiger partial charge in [0, 0.05) is 31.6 Å². The van der Waals surface area contributed by atoms with Crippen molar-refractivity contribution in [2.75, 3.05) is 19.6 Å². The van der Waals surface area contributed by atoms with Gasteiger partial charge in [0.05, 0.1) is 16.6 Å². The van der Waals surface area contributed by atoms with Gasteiger partial charge >= 0.3 is 0 Å². The van der Waals surface area contributed by atoms with Crippen molar-refractivity contribution >= 4 is 29.1 Å². The number of amides is 1. The van der Waals surface area contributed by atoms with Gasteiger partial charge in [0.1, 0.15) is 11.4 Å². The topological polar surface area (TPSA) is 63.1 Å². The number of nitrogens with one attached hydrogen (secondary N) is 1. The summed E-state index contributed by atoms with van der Waals surface area (Å²) >= 11 is 12.2. The van der Waals surface area contributed by atoms with Gasteiger partial charge in [0.15, 0.2) is 0 Å². The first-order valence-corrected chi connectivity index (χ1v) is 11.3.